The molecule has 36 heteroatoms. The zero-order valence-corrected chi connectivity index (χ0v) is 58.5. The minimum atomic E-state index is -1.41. The van der Waals surface area contributed by atoms with Gasteiger partial charge in [0.05, 0.1) is 64.2 Å². The van der Waals surface area contributed by atoms with E-state index >= 15 is 0 Å². The molecule has 1 saturated carbocycles. The van der Waals surface area contributed by atoms with Crippen molar-refractivity contribution in [3.63, 3.8) is 0 Å². The quantitative estimate of drug-likeness (QED) is 0.0518. The number of rotatable bonds is 19. The van der Waals surface area contributed by atoms with Gasteiger partial charge in [0.25, 0.3) is 0 Å². The third-order valence-electron chi connectivity index (χ3n) is 14.1. The lowest BCUT2D eigenvalue weighted by atomic mass is 9.95. The number of amidine groups is 1. The number of aliphatic hydroxyl groups is 1. The predicted octanol–water partition coefficient (Wildman–Crippen LogP) is 7.45. The summed E-state index contributed by atoms with van der Waals surface area (Å²) in [5.74, 6) is -4.76. The van der Waals surface area contributed by atoms with Crippen molar-refractivity contribution in [3.05, 3.63) is 62.5 Å². The van der Waals surface area contributed by atoms with E-state index in [9.17, 15) is 64.7 Å². The molecule has 4 saturated heterocycles. The van der Waals surface area contributed by atoms with E-state index in [-0.39, 0.29) is 95.9 Å². The summed E-state index contributed by atoms with van der Waals surface area (Å²) in [7, 11) is 0. The minimum absolute atomic E-state index is 0.00333. The molecule has 28 nitrogen and oxygen atoms in total. The first-order valence-electron chi connectivity index (χ1n) is 31.6. The molecule has 8 rings (SSSR count). The number of carboxylic acid groups (broad SMARTS) is 3. The molecule has 0 radical (unpaired) electrons. The zero-order chi connectivity index (χ0) is 74.3. The number of carbonyl (C=O) groups is 8. The van der Waals surface area contributed by atoms with Gasteiger partial charge in [0.15, 0.2) is 10.8 Å². The highest BCUT2D eigenvalue weighted by Gasteiger charge is 2.42. The smallest absolute Gasteiger partial charge is 0.410 e. The molecule has 2 aromatic rings. The SMILES string of the molecule is CC(C)(C)OC(=O)N1C[C@@H](F)[C@H](OCC(=O)O)C1.CC(C)(C)OC(=O)N1C[C@@H](O)[C@H](F)C1.CCOC(=O)C1=C(CN2C[C@@H](F)[C@H](OCC(=O)O)C2)NC(c2nccs2)=N[C@H]1c1ccc(F)cc1Cl.CCOC(=O)CO[C@@H]1CN(C(=O)OC(C)(C)C)C[C@H]1F.O=C(O)CO[C@@H]1CCC[C@H]1F. The molecule has 6 heterocycles. The number of benzene rings is 1. The number of hydrogen-bond acceptors (Lipinski definition) is 23. The predicted molar refractivity (Wildman–Crippen MR) is 342 cm³/mol. The van der Waals surface area contributed by atoms with Crippen LogP contribution in [0.2, 0.25) is 5.02 Å². The monoisotopic (exact) mass is 1460 g/mol. The Hall–Kier alpha value is -7.15. The summed E-state index contributed by atoms with van der Waals surface area (Å²) in [4.78, 5) is 105. The normalized spacial score (nSPS) is 24.5. The van der Waals surface area contributed by atoms with Crippen LogP contribution in [-0.2, 0) is 66.6 Å². The molecule has 0 spiro atoms. The molecule has 1 aromatic heterocycles. The molecule has 1 aliphatic carbocycles. The van der Waals surface area contributed by atoms with E-state index in [1.807, 2.05) is 0 Å². The van der Waals surface area contributed by atoms with E-state index in [4.69, 9.17) is 69.9 Å². The largest absolute Gasteiger partial charge is 0.480 e. The van der Waals surface area contributed by atoms with Crippen LogP contribution in [0, 0.1) is 5.82 Å². The highest BCUT2D eigenvalue weighted by atomic mass is 35.5. The maximum Gasteiger partial charge on any atom is 0.410 e. The van der Waals surface area contributed by atoms with Crippen LogP contribution in [0.5, 0.6) is 0 Å². The Morgan fingerprint density at radius 1 is 0.606 bits per heavy atom. The van der Waals surface area contributed by atoms with Crippen molar-refractivity contribution in [1.29, 1.82) is 0 Å². The first-order valence-corrected chi connectivity index (χ1v) is 32.8. The van der Waals surface area contributed by atoms with Crippen molar-refractivity contribution < 1.29 is 128 Å². The number of nitrogens with zero attached hydrogens (tertiary/aromatic N) is 6. The van der Waals surface area contributed by atoms with Crippen LogP contribution in [0.25, 0.3) is 0 Å². The standard InChI is InChI=1S/C23H23ClF2N4O5S.C13H22FNO5.C11H18FNO5.C9H16FNO3.C7H11FO3/c1-2-34-23(33)19-16(9-30-8-15(26)17(10-30)35-11-18(31)32)28-21(22-27-5-6-36-22)29-20(19)13-4-3-12(25)7-14(13)24;1-5-18-11(16)8-19-10-7-15(6-9(10)14)12(17)20-13(2,3)4;1-11(2,3)18-10(16)13-4-7(12)8(5-13)17-6-9(14)15;1-9(2,3)14-8(13)11-4-6(10)7(12)5-11;8-5-2-1-3-6(5)11-4-7(9)10/h3-7,15,17,20H,2,8-11H2,1H3,(H,28,29)(H,31,32);9-10H,5-8H2,1-4H3;7-8H,4-6H2,1-3H3,(H,14,15);6-7,12H,4-5H2,1-3H3;5-6H,1-4H2,(H,9,10)/t15-,17-,20+;9-,10-;7-,8-;6-,7-;5-,6-/m11111/s1. The van der Waals surface area contributed by atoms with Gasteiger partial charge in [0, 0.05) is 47.5 Å². The van der Waals surface area contributed by atoms with E-state index in [2.05, 4.69) is 20.0 Å². The lowest BCUT2D eigenvalue weighted by Crippen LogP contribution is -2.39. The number of carbonyl (C=O) groups excluding carboxylic acids is 5. The molecule has 6 aliphatic rings. The molecule has 0 bridgehead atoms. The topological polar surface area (TPSA) is 351 Å². The van der Waals surface area contributed by atoms with Crippen molar-refractivity contribution in [1.82, 2.24) is 29.9 Å². The molecule has 5 N–H and O–H groups in total. The van der Waals surface area contributed by atoms with Gasteiger partial charge in [-0.25, -0.2) is 69.7 Å². The highest BCUT2D eigenvalue weighted by molar-refractivity contribution is 7.11. The van der Waals surface area contributed by atoms with Crippen molar-refractivity contribution in [2.75, 3.05) is 98.5 Å². The second kappa shape index (κ2) is 39.2. The van der Waals surface area contributed by atoms with Gasteiger partial charge in [0.1, 0.15) is 110 Å². The fraction of sp³-hybridized carbons (Fsp3) is 0.683. The first kappa shape index (κ1) is 84.3. The van der Waals surface area contributed by atoms with Gasteiger partial charge in [-0.15, -0.1) is 11.3 Å². The van der Waals surface area contributed by atoms with Crippen molar-refractivity contribution >= 4 is 76.9 Å². The molecule has 1 aromatic carbocycles. The van der Waals surface area contributed by atoms with Crippen LogP contribution in [0.15, 0.2) is 46.0 Å². The van der Waals surface area contributed by atoms with Gasteiger partial charge in [-0.2, -0.15) is 0 Å². The number of hydrogen-bond donors (Lipinski definition) is 5. The van der Waals surface area contributed by atoms with Crippen molar-refractivity contribution in [2.45, 2.75) is 180 Å². The molecule has 0 unspecified atom stereocenters. The van der Waals surface area contributed by atoms with Crippen LogP contribution in [0.3, 0.4) is 0 Å². The number of halogens is 7. The third-order valence-corrected chi connectivity index (χ3v) is 15.2. The van der Waals surface area contributed by atoms with Crippen molar-refractivity contribution in [3.8, 4) is 0 Å². The summed E-state index contributed by atoms with van der Waals surface area (Å²) in [5.41, 5.74) is -0.936. The van der Waals surface area contributed by atoms with Crippen LogP contribution >= 0.6 is 22.9 Å². The molecular weight excluding hydrogens is 1370 g/mol. The van der Waals surface area contributed by atoms with Crippen LogP contribution in [0.4, 0.5) is 40.7 Å². The number of aliphatic carboxylic acids is 3. The minimum Gasteiger partial charge on any atom is -0.480 e. The average molecular weight is 1460 g/mol. The average Bonchev–Trinajstić information content (AvgIpc) is 1.76. The Morgan fingerprint density at radius 2 is 1.07 bits per heavy atom. The number of aliphatic imine (C=N–C) groups is 1. The van der Waals surface area contributed by atoms with Crippen molar-refractivity contribution in [2.24, 2.45) is 4.99 Å². The summed E-state index contributed by atoms with van der Waals surface area (Å²) < 4.78 is 126. The second-order valence-electron chi connectivity index (χ2n) is 25.9. The number of ether oxygens (including phenoxy) is 9. The number of thiazole rings is 1. The Bertz CT molecular complexity index is 3060. The van der Waals surface area contributed by atoms with Crippen LogP contribution in [-0.4, -0.2) is 276 Å². The van der Waals surface area contributed by atoms with Crippen LogP contribution < -0.4 is 5.32 Å². The van der Waals surface area contributed by atoms with Gasteiger partial charge >= 0.3 is 48.1 Å². The second-order valence-corrected chi connectivity index (χ2v) is 27.2. The lowest BCUT2D eigenvalue weighted by molar-refractivity contribution is -0.151. The third kappa shape index (κ3) is 29.5. The Labute approximate surface area is 578 Å². The number of alkyl halides is 5. The molecule has 5 fully saturated rings. The Kier molecular flexibility index (Phi) is 33.3. The fourth-order valence-electron chi connectivity index (χ4n) is 9.82. The van der Waals surface area contributed by atoms with E-state index in [0.717, 1.165) is 12.5 Å². The molecule has 11 atom stereocenters. The van der Waals surface area contributed by atoms with E-state index < -0.39 is 151 Å². The first-order chi connectivity index (χ1) is 46.2. The summed E-state index contributed by atoms with van der Waals surface area (Å²) >= 11 is 7.68. The summed E-state index contributed by atoms with van der Waals surface area (Å²) in [5, 5.41) is 40.1. The summed E-state index contributed by atoms with van der Waals surface area (Å²) in [6.45, 7) is 17.3. The maximum atomic E-state index is 14.6. The van der Waals surface area contributed by atoms with E-state index in [1.165, 1.54) is 38.2 Å². The van der Waals surface area contributed by atoms with Gasteiger partial charge in [-0.1, -0.05) is 17.7 Å². The number of β-amino-alcohol motifs (C(OH)–C–C–N with tert-alkyl or cyclic N) is 1. The Balaban J connectivity index is 0.000000282. The number of likely N-dealkylation sites (tertiary alicyclic amines) is 4. The molecule has 99 heavy (non-hydrogen) atoms. The Morgan fingerprint density at radius 3 is 1.49 bits per heavy atom. The highest BCUT2D eigenvalue weighted by Crippen LogP contribution is 2.38. The number of aliphatic hydroxyl groups excluding tert-OH is 1. The van der Waals surface area contributed by atoms with Gasteiger partial charge in [-0.3, -0.25) is 9.89 Å². The number of esters is 2. The van der Waals surface area contributed by atoms with E-state index in [1.54, 1.807) is 92.6 Å². The van der Waals surface area contributed by atoms with Crippen LogP contribution in [0.1, 0.15) is 112 Å². The molecule has 3 amide bonds. The van der Waals surface area contributed by atoms with Gasteiger partial charge in [-0.05, 0) is 108 Å². The maximum absolute atomic E-state index is 14.6. The lowest BCUT2D eigenvalue weighted by Gasteiger charge is -2.29. The molecular formula is C63H90ClF6N7O21S. The molecule has 558 valence electrons. The number of carboxylic acids is 3. The summed E-state index contributed by atoms with van der Waals surface area (Å²) in [6.07, 6.45) is -8.90. The van der Waals surface area contributed by atoms with E-state index in [0.29, 0.717) is 34.9 Å². The molecule has 5 aliphatic heterocycles. The fourth-order valence-corrected chi connectivity index (χ4v) is 10.7. The number of aromatic nitrogens is 1. The van der Waals surface area contributed by atoms with Gasteiger partial charge in [0.2, 0.25) is 0 Å². The zero-order valence-electron chi connectivity index (χ0n) is 56.9. The number of amides is 3. The summed E-state index contributed by atoms with van der Waals surface area (Å²) in [6, 6.07) is 2.88. The van der Waals surface area contributed by atoms with Gasteiger partial charge < -0.3 is 83.1 Å². The number of nitrogens with one attached hydrogen (secondary N) is 1.